The van der Waals surface area contributed by atoms with Crippen LogP contribution in [0, 0.1) is 11.3 Å². The number of ether oxygens (including phenoxy) is 1. The molecule has 12 N–H and O–H groups in total. The van der Waals surface area contributed by atoms with Crippen LogP contribution in [0.1, 0.15) is 33.4 Å². The van der Waals surface area contributed by atoms with E-state index in [2.05, 4.69) is 47.0 Å². The maximum Gasteiger partial charge on any atom is 0.481 e. The summed E-state index contributed by atoms with van der Waals surface area (Å²) in [5.41, 5.74) is 4.30. The number of nitrogens with zero attached hydrogens (tertiary/aromatic N) is 4. The highest BCUT2D eigenvalue weighted by Crippen LogP contribution is 2.61. The first-order chi connectivity index (χ1) is 25.3. The molecule has 3 rings (SSSR count). The Bertz CT molecular complexity index is 1770. The van der Waals surface area contributed by atoms with Gasteiger partial charge in [0.25, 0.3) is 0 Å². The number of hydrogen-bond acceptors (Lipinski definition) is 19. The van der Waals surface area contributed by atoms with Crippen molar-refractivity contribution in [2.45, 2.75) is 57.8 Å². The van der Waals surface area contributed by atoms with E-state index in [4.69, 9.17) is 29.7 Å². The van der Waals surface area contributed by atoms with Crippen molar-refractivity contribution in [1.29, 1.82) is 0 Å². The van der Waals surface area contributed by atoms with Crippen LogP contribution in [0.3, 0.4) is 0 Å². The van der Waals surface area contributed by atoms with Crippen molar-refractivity contribution in [3.63, 3.8) is 0 Å². The van der Waals surface area contributed by atoms with Crippen molar-refractivity contribution in [2.75, 3.05) is 44.4 Å². The van der Waals surface area contributed by atoms with Crippen LogP contribution in [0.2, 0.25) is 0 Å². The molecular weight excluding hydrogens is 827 g/mol. The van der Waals surface area contributed by atoms with E-state index in [1.807, 2.05) is 0 Å². The molecule has 0 aromatic carbocycles. The standard InChI is InChI=1S/C21H36N7O16P3S.C4H8O3/c1-21(2,16(31)19(32)24-4-3-12(29)23-5-6-48)8-41-47(38,39)44-46(36,37)40-7-11-15(43-45(33,34)35)14(30)20(42-11)28-10-27-13-17(22)25-9-26-18(13)28;1-3(2-5)4(6)7/h9-11,14-16,20,30-31,48H,3-8H2,1-2H3,(H,23,29)(H,24,32)(H,36,37)(H,38,39)(H2,22,25,26)(H2,33,34,35);3,5H,2H2,1H3,(H,6,7)/t11-,14-,15-,16+,20-;/m1./s1. The number of anilines is 1. The smallest absolute Gasteiger partial charge is 0.481 e. The number of thiol groups is 1. The molecule has 2 amide bonds. The number of rotatable bonds is 20. The van der Waals surface area contributed by atoms with Gasteiger partial charge in [0.15, 0.2) is 17.7 Å². The molecule has 3 unspecified atom stereocenters. The highest BCUT2D eigenvalue weighted by atomic mass is 32.1. The third kappa shape index (κ3) is 15.3. The lowest BCUT2D eigenvalue weighted by Gasteiger charge is -2.30. The van der Waals surface area contributed by atoms with Crippen molar-refractivity contribution in [2.24, 2.45) is 11.3 Å². The van der Waals surface area contributed by atoms with E-state index < -0.39 is 90.5 Å². The number of aliphatic hydroxyl groups is 3. The van der Waals surface area contributed by atoms with E-state index >= 15 is 0 Å². The molecule has 1 aliphatic rings. The number of carbonyl (C=O) groups excluding carboxylic acids is 2. The normalized spacial score (nSPS) is 22.1. The Morgan fingerprint density at radius 1 is 1.07 bits per heavy atom. The van der Waals surface area contributed by atoms with Gasteiger partial charge in [-0.05, 0) is 6.92 Å². The van der Waals surface area contributed by atoms with Crippen LogP contribution in [0.25, 0.3) is 11.2 Å². The predicted molar refractivity (Wildman–Crippen MR) is 187 cm³/mol. The van der Waals surface area contributed by atoms with Crippen molar-refractivity contribution in [3.05, 3.63) is 12.7 Å². The first-order valence-electron chi connectivity index (χ1n) is 15.7. The van der Waals surface area contributed by atoms with Gasteiger partial charge in [0, 0.05) is 30.7 Å². The number of carbonyl (C=O) groups is 3. The van der Waals surface area contributed by atoms with Crippen molar-refractivity contribution >= 4 is 70.9 Å². The molecular formula is C25H44N7O19P3S. The number of phosphoric acid groups is 3. The Hall–Kier alpha value is -2.68. The number of carboxylic acid groups (broad SMARTS) is 1. The fourth-order valence-electron chi connectivity index (χ4n) is 4.21. The third-order valence-electron chi connectivity index (χ3n) is 7.21. The number of aromatic nitrogens is 4. The molecule has 0 radical (unpaired) electrons. The molecule has 8 atom stereocenters. The van der Waals surface area contributed by atoms with Crippen molar-refractivity contribution in [1.82, 2.24) is 30.2 Å². The number of nitrogen functional groups attached to an aromatic ring is 1. The highest BCUT2D eigenvalue weighted by Gasteiger charge is 2.50. The minimum Gasteiger partial charge on any atom is -0.481 e. The molecule has 0 bridgehead atoms. The first-order valence-corrected chi connectivity index (χ1v) is 20.8. The number of carboxylic acids is 1. The molecule has 1 saturated heterocycles. The van der Waals surface area contributed by atoms with Crippen LogP contribution < -0.4 is 16.4 Å². The van der Waals surface area contributed by atoms with Crippen LogP contribution in [0.4, 0.5) is 5.82 Å². The highest BCUT2D eigenvalue weighted by molar-refractivity contribution is 7.80. The zero-order valence-corrected chi connectivity index (χ0v) is 32.9. The topological polar surface area (TPSA) is 404 Å². The Morgan fingerprint density at radius 3 is 2.27 bits per heavy atom. The summed E-state index contributed by atoms with van der Waals surface area (Å²) in [5, 5.41) is 42.2. The molecule has 2 aromatic heterocycles. The van der Waals surface area contributed by atoms with E-state index in [1.165, 1.54) is 20.8 Å². The molecule has 3 heterocycles. The average molecular weight is 872 g/mol. The van der Waals surface area contributed by atoms with Gasteiger partial charge in [-0.25, -0.2) is 28.6 Å². The summed E-state index contributed by atoms with van der Waals surface area (Å²) in [5.74, 6) is -2.52. The molecule has 1 fully saturated rings. The van der Waals surface area contributed by atoms with Crippen LogP contribution in [-0.2, 0) is 50.7 Å². The molecule has 1 aliphatic heterocycles. The lowest BCUT2D eigenvalue weighted by atomic mass is 9.87. The lowest BCUT2D eigenvalue weighted by Crippen LogP contribution is -2.46. The minimum absolute atomic E-state index is 0.0363. The summed E-state index contributed by atoms with van der Waals surface area (Å²) in [6.07, 6.45) is -6.74. The molecule has 55 heavy (non-hydrogen) atoms. The number of nitrogens with one attached hydrogen (secondary N) is 2. The Labute approximate surface area is 317 Å². The van der Waals surface area contributed by atoms with E-state index in [9.17, 15) is 57.9 Å². The van der Waals surface area contributed by atoms with Gasteiger partial charge in [0.2, 0.25) is 11.8 Å². The van der Waals surface area contributed by atoms with Crippen molar-refractivity contribution < 1.29 is 90.7 Å². The number of imidazole rings is 1. The number of aliphatic hydroxyl groups excluding tert-OH is 3. The third-order valence-corrected chi connectivity index (χ3v) is 10.5. The maximum atomic E-state index is 12.6. The quantitative estimate of drug-likeness (QED) is 0.0507. The van der Waals surface area contributed by atoms with Crippen molar-refractivity contribution in [3.8, 4) is 0 Å². The van der Waals surface area contributed by atoms with Gasteiger partial charge < -0.3 is 61.1 Å². The number of phosphoric ester groups is 3. The second kappa shape index (κ2) is 20.7. The molecule has 314 valence electrons. The van der Waals surface area contributed by atoms with Crippen LogP contribution in [0.15, 0.2) is 12.7 Å². The number of aliphatic carboxylic acids is 1. The molecule has 0 saturated carbocycles. The van der Waals surface area contributed by atoms with Gasteiger partial charge in [-0.1, -0.05) is 13.8 Å². The summed E-state index contributed by atoms with van der Waals surface area (Å²) in [4.78, 5) is 84.4. The monoisotopic (exact) mass is 871 g/mol. The van der Waals surface area contributed by atoms with Gasteiger partial charge in [-0.15, -0.1) is 0 Å². The minimum atomic E-state index is -5.54. The summed E-state index contributed by atoms with van der Waals surface area (Å²) in [6, 6.07) is 0. The van der Waals surface area contributed by atoms with Gasteiger partial charge in [-0.2, -0.15) is 16.9 Å². The number of fused-ring (bicyclic) bond motifs is 1. The Kier molecular flexibility index (Phi) is 18.2. The summed E-state index contributed by atoms with van der Waals surface area (Å²) < 4.78 is 61.7. The summed E-state index contributed by atoms with van der Waals surface area (Å²) >= 11 is 3.95. The molecule has 26 nitrogen and oxygen atoms in total. The molecule has 0 spiro atoms. The van der Waals surface area contributed by atoms with Gasteiger partial charge >= 0.3 is 29.4 Å². The molecule has 0 aliphatic carbocycles. The van der Waals surface area contributed by atoms with Crippen LogP contribution in [-0.4, -0.2) is 140 Å². The molecule has 30 heteroatoms. The van der Waals surface area contributed by atoms with E-state index in [0.29, 0.717) is 12.3 Å². The summed E-state index contributed by atoms with van der Waals surface area (Å²) in [6.45, 7) is 1.89. The van der Waals surface area contributed by atoms with Gasteiger partial charge in [-0.3, -0.25) is 32.5 Å². The van der Waals surface area contributed by atoms with Crippen LogP contribution in [0.5, 0.6) is 0 Å². The Balaban J connectivity index is 0.00000136. The zero-order chi connectivity index (χ0) is 41.9. The number of amides is 2. The molecule has 2 aromatic rings. The number of nitrogens with two attached hydrogens (primary N) is 1. The zero-order valence-electron chi connectivity index (χ0n) is 29.3. The number of hydrogen-bond donors (Lipinski definition) is 12. The van der Waals surface area contributed by atoms with E-state index in [0.717, 1.165) is 17.2 Å². The summed E-state index contributed by atoms with van der Waals surface area (Å²) in [7, 11) is -16.3. The largest absolute Gasteiger partial charge is 0.481 e. The first kappa shape index (κ1) is 48.5. The fourth-order valence-corrected chi connectivity index (χ4v) is 7.15. The maximum absolute atomic E-state index is 12.6. The Morgan fingerprint density at radius 2 is 1.71 bits per heavy atom. The lowest BCUT2D eigenvalue weighted by molar-refractivity contribution is -0.142. The predicted octanol–water partition coefficient (Wildman–Crippen LogP) is -1.97. The SMILES string of the molecule is CC(C)(COP(=O)(O)OP(=O)(O)OC[C@H]1O[C@@H](n2cnc3c(N)ncnc32)[C@H](O)[C@@H]1OP(=O)(O)O)[C@@H](O)C(=O)NCCC(=O)NCCS.CC(CO)C(=O)O. The van der Waals surface area contributed by atoms with E-state index in [-0.39, 0.29) is 42.5 Å². The fraction of sp³-hybridized carbons (Fsp3) is 0.680. The van der Waals surface area contributed by atoms with Gasteiger partial charge in [0.05, 0.1) is 32.1 Å². The second-order valence-electron chi connectivity index (χ2n) is 12.2. The van der Waals surface area contributed by atoms with Gasteiger partial charge in [0.1, 0.15) is 36.3 Å². The average Bonchev–Trinajstić information content (AvgIpc) is 3.65. The second-order valence-corrected chi connectivity index (χ2v) is 16.9. The van der Waals surface area contributed by atoms with Crippen LogP contribution >= 0.6 is 36.1 Å². The van der Waals surface area contributed by atoms with E-state index in [1.54, 1.807) is 0 Å².